The molecule has 0 spiro atoms. The van der Waals surface area contributed by atoms with Crippen molar-refractivity contribution in [3.63, 3.8) is 0 Å². The third-order valence-corrected chi connectivity index (χ3v) is 3.26. The maximum absolute atomic E-state index is 10.9. The Morgan fingerprint density at radius 3 is 3.00 bits per heavy atom. The van der Waals surface area contributed by atoms with Crippen molar-refractivity contribution >= 4 is 23.4 Å². The Morgan fingerprint density at radius 1 is 1.26 bits per heavy atom. The fourth-order valence-corrected chi connectivity index (χ4v) is 2.33. The van der Waals surface area contributed by atoms with E-state index >= 15 is 0 Å². The lowest BCUT2D eigenvalue weighted by molar-refractivity contribution is 0.0696. The van der Waals surface area contributed by atoms with E-state index in [0.717, 1.165) is 4.90 Å². The number of benzene rings is 1. The average Bonchev–Trinajstić information content (AvgIpc) is 2.86. The Hall–Kier alpha value is -2.48. The highest BCUT2D eigenvalue weighted by Gasteiger charge is 2.06. The summed E-state index contributed by atoms with van der Waals surface area (Å²) in [5.74, 6) is -0.952. The number of rotatable bonds is 3. The van der Waals surface area contributed by atoms with E-state index in [1.54, 1.807) is 30.3 Å². The van der Waals surface area contributed by atoms with E-state index < -0.39 is 5.97 Å². The second-order valence-electron chi connectivity index (χ2n) is 3.63. The summed E-state index contributed by atoms with van der Waals surface area (Å²) < 4.78 is 1.32. The zero-order valence-electron chi connectivity index (χ0n) is 9.46. The van der Waals surface area contributed by atoms with E-state index in [2.05, 4.69) is 20.6 Å². The molecule has 7 nitrogen and oxygen atoms in total. The van der Waals surface area contributed by atoms with Crippen molar-refractivity contribution in [1.82, 2.24) is 25.3 Å². The quantitative estimate of drug-likeness (QED) is 0.770. The first-order valence-electron chi connectivity index (χ1n) is 5.29. The van der Waals surface area contributed by atoms with E-state index in [9.17, 15) is 4.79 Å². The van der Waals surface area contributed by atoms with Gasteiger partial charge in [0, 0.05) is 4.90 Å². The largest absolute Gasteiger partial charge is 0.478 e. The van der Waals surface area contributed by atoms with Crippen LogP contribution in [-0.4, -0.2) is 36.3 Å². The van der Waals surface area contributed by atoms with E-state index in [0.29, 0.717) is 10.7 Å². The van der Waals surface area contributed by atoms with Crippen LogP contribution in [0.1, 0.15) is 10.4 Å². The molecular formula is C11H7N5O2S. The summed E-state index contributed by atoms with van der Waals surface area (Å²) in [5, 5.41) is 24.8. The van der Waals surface area contributed by atoms with Gasteiger partial charge in [-0.15, -0.1) is 14.8 Å². The van der Waals surface area contributed by atoms with Gasteiger partial charge in [0.05, 0.1) is 5.56 Å². The minimum absolute atomic E-state index is 0.244. The van der Waals surface area contributed by atoms with E-state index in [4.69, 9.17) is 5.11 Å². The molecule has 0 aliphatic heterocycles. The highest BCUT2D eigenvalue weighted by Crippen LogP contribution is 2.26. The van der Waals surface area contributed by atoms with Crippen molar-refractivity contribution < 1.29 is 9.90 Å². The molecule has 0 bridgehead atoms. The lowest BCUT2D eigenvalue weighted by Gasteiger charge is -2.01. The molecule has 0 saturated carbocycles. The molecule has 0 fully saturated rings. The summed E-state index contributed by atoms with van der Waals surface area (Å²) >= 11 is 1.35. The molecule has 0 radical (unpaired) electrons. The van der Waals surface area contributed by atoms with Gasteiger partial charge in [-0.25, -0.2) is 4.79 Å². The van der Waals surface area contributed by atoms with E-state index in [1.807, 2.05) is 6.07 Å². The Morgan fingerprint density at radius 2 is 2.16 bits per heavy atom. The van der Waals surface area contributed by atoms with Gasteiger partial charge in [-0.2, -0.15) is 0 Å². The minimum Gasteiger partial charge on any atom is -0.478 e. The molecule has 2 heterocycles. The Bertz CT molecular complexity index is 757. The monoisotopic (exact) mass is 273 g/mol. The van der Waals surface area contributed by atoms with Crippen LogP contribution in [0.2, 0.25) is 0 Å². The van der Waals surface area contributed by atoms with Crippen molar-refractivity contribution in [1.29, 1.82) is 0 Å². The lowest BCUT2D eigenvalue weighted by atomic mass is 10.2. The van der Waals surface area contributed by atoms with Crippen molar-refractivity contribution in [2.75, 3.05) is 0 Å². The topological polar surface area (TPSA) is 93.3 Å². The predicted octanol–water partition coefficient (Wildman–Crippen LogP) is 1.37. The van der Waals surface area contributed by atoms with Crippen LogP contribution in [0.25, 0.3) is 5.65 Å². The standard InChI is InChI=1S/C11H7N5O2S/c17-11(18)7-2-1-3-8(6-7)19-10-5-4-9-12-14-15-16(9)13-10/h1-6H,(H,17,18). The molecule has 1 aromatic carbocycles. The van der Waals surface area contributed by atoms with Crippen molar-refractivity contribution in [3.8, 4) is 0 Å². The Labute approximate surface area is 111 Å². The number of tetrazole rings is 1. The molecule has 0 amide bonds. The molecule has 2 aromatic heterocycles. The van der Waals surface area contributed by atoms with Gasteiger partial charge >= 0.3 is 5.97 Å². The second-order valence-corrected chi connectivity index (χ2v) is 4.73. The molecule has 0 aliphatic rings. The number of hydrogen-bond donors (Lipinski definition) is 1. The number of nitrogens with zero attached hydrogens (tertiary/aromatic N) is 5. The molecule has 0 unspecified atom stereocenters. The molecule has 3 aromatic rings. The highest BCUT2D eigenvalue weighted by molar-refractivity contribution is 7.99. The SMILES string of the molecule is O=C(O)c1cccc(Sc2ccc3nnnn3n2)c1. The molecule has 0 atom stereocenters. The van der Waals surface area contributed by atoms with Gasteiger partial charge in [0.25, 0.3) is 0 Å². The summed E-state index contributed by atoms with van der Waals surface area (Å²) in [4.78, 5) is 11.7. The number of fused-ring (bicyclic) bond motifs is 1. The Balaban J connectivity index is 1.91. The maximum Gasteiger partial charge on any atom is 0.335 e. The van der Waals surface area contributed by atoms with Crippen molar-refractivity contribution in [2.45, 2.75) is 9.92 Å². The van der Waals surface area contributed by atoms with Crippen LogP contribution in [0, 0.1) is 0 Å². The number of aromatic carboxylic acids is 1. The summed E-state index contributed by atoms with van der Waals surface area (Å²) in [5.41, 5.74) is 0.803. The van der Waals surface area contributed by atoms with E-state index in [1.165, 1.54) is 16.4 Å². The van der Waals surface area contributed by atoms with Crippen LogP contribution in [0.4, 0.5) is 0 Å². The summed E-state index contributed by atoms with van der Waals surface area (Å²) in [6.07, 6.45) is 0. The highest BCUT2D eigenvalue weighted by atomic mass is 32.2. The van der Waals surface area contributed by atoms with Gasteiger partial charge in [0.2, 0.25) is 0 Å². The van der Waals surface area contributed by atoms with Crippen molar-refractivity contribution in [3.05, 3.63) is 42.0 Å². The number of carbonyl (C=O) groups is 1. The van der Waals surface area contributed by atoms with Gasteiger partial charge in [0.15, 0.2) is 5.65 Å². The molecule has 0 aliphatic carbocycles. The smallest absolute Gasteiger partial charge is 0.335 e. The summed E-state index contributed by atoms with van der Waals surface area (Å²) in [6.45, 7) is 0. The molecule has 94 valence electrons. The van der Waals surface area contributed by atoms with Crippen LogP contribution >= 0.6 is 11.8 Å². The number of aromatic nitrogens is 5. The molecular weight excluding hydrogens is 266 g/mol. The average molecular weight is 273 g/mol. The third kappa shape index (κ3) is 2.38. The van der Waals surface area contributed by atoms with Crippen LogP contribution < -0.4 is 0 Å². The first kappa shape index (κ1) is 11.6. The molecule has 0 saturated heterocycles. The van der Waals surface area contributed by atoms with Gasteiger partial charge in [0.1, 0.15) is 5.03 Å². The summed E-state index contributed by atoms with van der Waals surface area (Å²) in [6, 6.07) is 10.2. The second kappa shape index (κ2) is 4.65. The van der Waals surface area contributed by atoms with E-state index in [-0.39, 0.29) is 5.56 Å². The van der Waals surface area contributed by atoms with Gasteiger partial charge in [-0.1, -0.05) is 17.8 Å². The third-order valence-electron chi connectivity index (χ3n) is 2.35. The zero-order chi connectivity index (χ0) is 13.2. The molecule has 1 N–H and O–H groups in total. The van der Waals surface area contributed by atoms with Gasteiger partial charge < -0.3 is 5.11 Å². The van der Waals surface area contributed by atoms with Crippen LogP contribution in [0.3, 0.4) is 0 Å². The minimum atomic E-state index is -0.952. The number of hydrogen-bond acceptors (Lipinski definition) is 6. The molecule has 19 heavy (non-hydrogen) atoms. The lowest BCUT2D eigenvalue weighted by Crippen LogP contribution is -1.97. The van der Waals surface area contributed by atoms with Gasteiger partial charge in [-0.3, -0.25) is 0 Å². The molecule has 8 heteroatoms. The van der Waals surface area contributed by atoms with Gasteiger partial charge in [-0.05, 0) is 40.8 Å². The molecule has 3 rings (SSSR count). The fraction of sp³-hybridized carbons (Fsp3) is 0. The number of carboxylic acids is 1. The van der Waals surface area contributed by atoms with Crippen LogP contribution in [-0.2, 0) is 0 Å². The zero-order valence-corrected chi connectivity index (χ0v) is 10.3. The maximum atomic E-state index is 10.9. The first-order valence-corrected chi connectivity index (χ1v) is 6.11. The van der Waals surface area contributed by atoms with Crippen molar-refractivity contribution in [2.24, 2.45) is 0 Å². The Kier molecular flexibility index (Phi) is 2.84. The number of carboxylic acid groups (broad SMARTS) is 1. The summed E-state index contributed by atoms with van der Waals surface area (Å²) in [7, 11) is 0. The van der Waals surface area contributed by atoms with Crippen LogP contribution in [0.5, 0.6) is 0 Å². The van der Waals surface area contributed by atoms with Crippen LogP contribution in [0.15, 0.2) is 46.3 Å². The normalized spacial score (nSPS) is 10.7. The predicted molar refractivity (Wildman–Crippen MR) is 66.1 cm³/mol. The first-order chi connectivity index (χ1) is 9.22. The fourth-order valence-electron chi connectivity index (χ4n) is 1.50.